The summed E-state index contributed by atoms with van der Waals surface area (Å²) in [6, 6.07) is 0. The van der Waals surface area contributed by atoms with Crippen molar-refractivity contribution in [3.8, 4) is 0 Å². The molecule has 0 N–H and O–H groups in total. The lowest BCUT2D eigenvalue weighted by molar-refractivity contribution is -0.147. The number of carbonyl (C=O) groups is 2. The molecule has 0 aromatic heterocycles. The molecule has 0 saturated carbocycles. The fourth-order valence-electron chi connectivity index (χ4n) is 2.44. The molecule has 0 spiro atoms. The molecule has 0 bridgehead atoms. The summed E-state index contributed by atoms with van der Waals surface area (Å²) in [6.07, 6.45) is 16.0. The van der Waals surface area contributed by atoms with Crippen molar-refractivity contribution in [2.24, 2.45) is 0 Å². The van der Waals surface area contributed by atoms with Gasteiger partial charge in [0.25, 0.3) is 0 Å². The molecule has 22 heavy (non-hydrogen) atoms. The first-order chi connectivity index (χ1) is 10.6. The molecule has 0 heterocycles. The Balaban J connectivity index is 3.59. The van der Waals surface area contributed by atoms with Crippen molar-refractivity contribution in [2.75, 3.05) is 0 Å². The summed E-state index contributed by atoms with van der Waals surface area (Å²) < 4.78 is 5.35. The molecule has 3 nitrogen and oxygen atoms in total. The second-order valence-corrected chi connectivity index (χ2v) is 6.08. The van der Waals surface area contributed by atoms with Crippen molar-refractivity contribution in [3.05, 3.63) is 12.2 Å². The van der Waals surface area contributed by atoms with Crippen LogP contribution in [0, 0.1) is 0 Å². The fourth-order valence-corrected chi connectivity index (χ4v) is 2.44. The Morgan fingerprint density at radius 3 is 2.14 bits per heavy atom. The highest BCUT2D eigenvalue weighted by molar-refractivity contribution is 5.75. The molecule has 1 atom stereocenters. The third kappa shape index (κ3) is 15.3. The smallest absolute Gasteiger partial charge is 0.302 e. The summed E-state index contributed by atoms with van der Waals surface area (Å²) >= 11 is 0. The maximum absolute atomic E-state index is 11.1. The van der Waals surface area contributed by atoms with Gasteiger partial charge in [-0.25, -0.2) is 0 Å². The quantitative estimate of drug-likeness (QED) is 0.246. The van der Waals surface area contributed by atoms with E-state index >= 15 is 0 Å². The van der Waals surface area contributed by atoms with Crippen LogP contribution in [0.4, 0.5) is 0 Å². The van der Waals surface area contributed by atoms with Gasteiger partial charge in [0.15, 0.2) is 0 Å². The molecule has 0 aliphatic carbocycles. The highest BCUT2D eigenvalue weighted by atomic mass is 16.5. The van der Waals surface area contributed by atoms with Gasteiger partial charge >= 0.3 is 5.97 Å². The Bertz CT molecular complexity index is 321. The molecule has 128 valence electrons. The van der Waals surface area contributed by atoms with Crippen LogP contribution in [0.3, 0.4) is 0 Å². The molecule has 0 aromatic rings. The van der Waals surface area contributed by atoms with E-state index in [0.29, 0.717) is 5.78 Å². The van der Waals surface area contributed by atoms with Crippen molar-refractivity contribution < 1.29 is 14.3 Å². The second kappa shape index (κ2) is 14.8. The van der Waals surface area contributed by atoms with E-state index < -0.39 is 0 Å². The van der Waals surface area contributed by atoms with E-state index in [4.69, 9.17) is 4.74 Å². The molecule has 0 fully saturated rings. The van der Waals surface area contributed by atoms with Crippen LogP contribution in [-0.2, 0) is 14.3 Å². The SMILES string of the molecule is CCCC[C@H](CCC/C=C\CCCCCC(C)=O)OC(C)=O. The van der Waals surface area contributed by atoms with E-state index in [1.54, 1.807) is 6.92 Å². The number of Topliss-reactive ketones (excluding diaryl/α,β-unsaturated/α-hetero) is 1. The van der Waals surface area contributed by atoms with Crippen LogP contribution in [0.25, 0.3) is 0 Å². The number of hydrogen-bond acceptors (Lipinski definition) is 3. The van der Waals surface area contributed by atoms with Crippen LogP contribution in [-0.4, -0.2) is 17.9 Å². The molecule has 0 unspecified atom stereocenters. The lowest BCUT2D eigenvalue weighted by Gasteiger charge is -2.16. The van der Waals surface area contributed by atoms with Gasteiger partial charge in [-0.3, -0.25) is 4.79 Å². The molecular formula is C19H34O3. The first-order valence-electron chi connectivity index (χ1n) is 8.88. The molecule has 0 radical (unpaired) electrons. The topological polar surface area (TPSA) is 43.4 Å². The van der Waals surface area contributed by atoms with Crippen LogP contribution in [0.2, 0.25) is 0 Å². The summed E-state index contributed by atoms with van der Waals surface area (Å²) in [7, 11) is 0. The summed E-state index contributed by atoms with van der Waals surface area (Å²) in [6.45, 7) is 5.30. The normalized spacial score (nSPS) is 12.5. The number of allylic oxidation sites excluding steroid dienone is 2. The van der Waals surface area contributed by atoms with E-state index in [1.807, 2.05) is 0 Å². The first-order valence-corrected chi connectivity index (χ1v) is 8.88. The van der Waals surface area contributed by atoms with Gasteiger partial charge in [0, 0.05) is 13.3 Å². The summed E-state index contributed by atoms with van der Waals surface area (Å²) in [5.41, 5.74) is 0. The number of esters is 1. The number of rotatable bonds is 14. The zero-order chi connectivity index (χ0) is 16.6. The third-order valence-electron chi connectivity index (χ3n) is 3.68. The molecule has 0 aliphatic heterocycles. The predicted octanol–water partition coefficient (Wildman–Crippen LogP) is 5.37. The van der Waals surface area contributed by atoms with Crippen molar-refractivity contribution in [3.63, 3.8) is 0 Å². The van der Waals surface area contributed by atoms with Gasteiger partial charge in [0.1, 0.15) is 11.9 Å². The minimum atomic E-state index is -0.165. The van der Waals surface area contributed by atoms with Gasteiger partial charge in [-0.2, -0.15) is 0 Å². The molecule has 3 heteroatoms. The van der Waals surface area contributed by atoms with E-state index in [2.05, 4.69) is 19.1 Å². The Morgan fingerprint density at radius 2 is 1.55 bits per heavy atom. The van der Waals surface area contributed by atoms with Crippen LogP contribution in [0.1, 0.15) is 91.4 Å². The Morgan fingerprint density at radius 1 is 0.909 bits per heavy atom. The third-order valence-corrected chi connectivity index (χ3v) is 3.68. The van der Waals surface area contributed by atoms with Gasteiger partial charge in [-0.1, -0.05) is 38.3 Å². The molecule has 0 rings (SSSR count). The van der Waals surface area contributed by atoms with Gasteiger partial charge in [0.2, 0.25) is 0 Å². The minimum absolute atomic E-state index is 0.0948. The lowest BCUT2D eigenvalue weighted by atomic mass is 10.1. The van der Waals surface area contributed by atoms with E-state index in [9.17, 15) is 9.59 Å². The Kier molecular flexibility index (Phi) is 14.0. The number of unbranched alkanes of at least 4 members (excludes halogenated alkanes) is 5. The van der Waals surface area contributed by atoms with E-state index in [0.717, 1.165) is 70.6 Å². The van der Waals surface area contributed by atoms with Crippen LogP contribution in [0.5, 0.6) is 0 Å². The average Bonchev–Trinajstić information content (AvgIpc) is 2.45. The van der Waals surface area contributed by atoms with Crippen molar-refractivity contribution in [1.29, 1.82) is 0 Å². The van der Waals surface area contributed by atoms with Crippen molar-refractivity contribution in [1.82, 2.24) is 0 Å². The first kappa shape index (κ1) is 20.9. The average molecular weight is 310 g/mol. The zero-order valence-corrected chi connectivity index (χ0v) is 14.7. The van der Waals surface area contributed by atoms with Gasteiger partial charge < -0.3 is 9.53 Å². The summed E-state index contributed by atoms with van der Waals surface area (Å²) in [4.78, 5) is 21.9. The number of ketones is 1. The molecule has 0 aromatic carbocycles. The monoisotopic (exact) mass is 310 g/mol. The largest absolute Gasteiger partial charge is 0.463 e. The summed E-state index contributed by atoms with van der Waals surface area (Å²) in [5.74, 6) is 0.128. The Hall–Kier alpha value is -1.12. The lowest BCUT2D eigenvalue weighted by Crippen LogP contribution is -2.16. The van der Waals surface area contributed by atoms with Gasteiger partial charge in [0.05, 0.1) is 0 Å². The minimum Gasteiger partial charge on any atom is -0.463 e. The van der Waals surface area contributed by atoms with E-state index in [-0.39, 0.29) is 12.1 Å². The number of carbonyl (C=O) groups excluding carboxylic acids is 2. The molecule has 0 amide bonds. The zero-order valence-electron chi connectivity index (χ0n) is 14.7. The predicted molar refractivity (Wildman–Crippen MR) is 91.8 cm³/mol. The Labute approximate surface area is 136 Å². The van der Waals surface area contributed by atoms with Crippen LogP contribution in [0.15, 0.2) is 12.2 Å². The van der Waals surface area contributed by atoms with Crippen molar-refractivity contribution in [2.45, 2.75) is 97.5 Å². The fraction of sp³-hybridized carbons (Fsp3) is 0.789. The standard InChI is InChI=1S/C19H34O3/c1-4-5-15-19(22-18(3)21)16-13-11-9-7-6-8-10-12-14-17(2)20/h7,9,19H,4-6,8,10-16H2,1-3H3/b9-7-/t19-/m1/s1. The van der Waals surface area contributed by atoms with Gasteiger partial charge in [-0.15, -0.1) is 0 Å². The van der Waals surface area contributed by atoms with Crippen LogP contribution >= 0.6 is 0 Å². The second-order valence-electron chi connectivity index (χ2n) is 6.08. The van der Waals surface area contributed by atoms with Gasteiger partial charge in [-0.05, 0) is 51.9 Å². The van der Waals surface area contributed by atoms with Crippen molar-refractivity contribution >= 4 is 11.8 Å². The maximum Gasteiger partial charge on any atom is 0.302 e. The molecule has 0 saturated heterocycles. The van der Waals surface area contributed by atoms with Crippen LogP contribution < -0.4 is 0 Å². The molecule has 0 aliphatic rings. The van der Waals surface area contributed by atoms with E-state index in [1.165, 1.54) is 6.92 Å². The maximum atomic E-state index is 11.1. The number of hydrogen-bond donors (Lipinski definition) is 0. The highest BCUT2D eigenvalue weighted by Crippen LogP contribution is 2.13. The number of ether oxygens (including phenoxy) is 1. The summed E-state index contributed by atoms with van der Waals surface area (Å²) in [5, 5.41) is 0. The molecular weight excluding hydrogens is 276 g/mol. The highest BCUT2D eigenvalue weighted by Gasteiger charge is 2.10.